The third-order valence-corrected chi connectivity index (χ3v) is 4.57. The highest BCUT2D eigenvalue weighted by Crippen LogP contribution is 2.29. The Bertz CT molecular complexity index is 763. The van der Waals surface area contributed by atoms with Gasteiger partial charge in [-0.3, -0.25) is 9.59 Å². The van der Waals surface area contributed by atoms with Gasteiger partial charge in [0.25, 0.3) is 0 Å². The molecule has 1 aromatic heterocycles. The van der Waals surface area contributed by atoms with Crippen LogP contribution in [0.15, 0.2) is 18.2 Å². The number of aromatic amines is 1. The second-order valence-corrected chi connectivity index (χ2v) is 6.44. The molecule has 5 nitrogen and oxygen atoms in total. The van der Waals surface area contributed by atoms with Gasteiger partial charge in [-0.15, -0.1) is 0 Å². The smallest absolute Gasteiger partial charge is 0.306 e. The van der Waals surface area contributed by atoms with Gasteiger partial charge in [-0.2, -0.15) is 0 Å². The number of aryl methyl sites for hydroxylation is 2. The summed E-state index contributed by atoms with van der Waals surface area (Å²) in [7, 11) is 0. The van der Waals surface area contributed by atoms with Crippen molar-refractivity contribution < 1.29 is 14.3 Å². The standard InChI is InChI=1S/C19H24N2O3/c1-3-24-19(23)9-8-18(22)20-13-5-6-14-15-10-12(2)4-7-16(15)21-17(14)11-13/h4,7,10,13,21H,3,5-6,8-9,11H2,1-2H3,(H,20,22). The number of benzene rings is 1. The predicted molar refractivity (Wildman–Crippen MR) is 92.9 cm³/mol. The van der Waals surface area contributed by atoms with Gasteiger partial charge in [-0.25, -0.2) is 0 Å². The molecule has 1 aliphatic carbocycles. The number of rotatable bonds is 5. The fourth-order valence-electron chi connectivity index (χ4n) is 3.42. The molecule has 1 amide bonds. The van der Waals surface area contributed by atoms with Crippen LogP contribution in [0.3, 0.4) is 0 Å². The van der Waals surface area contributed by atoms with E-state index in [1.54, 1.807) is 6.92 Å². The number of hydrogen-bond donors (Lipinski definition) is 2. The van der Waals surface area contributed by atoms with Gasteiger partial charge in [-0.05, 0) is 44.4 Å². The summed E-state index contributed by atoms with van der Waals surface area (Å²) in [6, 6.07) is 6.58. The van der Waals surface area contributed by atoms with Crippen molar-refractivity contribution in [1.82, 2.24) is 10.3 Å². The van der Waals surface area contributed by atoms with Crippen molar-refractivity contribution in [3.63, 3.8) is 0 Å². The van der Waals surface area contributed by atoms with Crippen LogP contribution in [0.5, 0.6) is 0 Å². The fraction of sp³-hybridized carbons (Fsp3) is 0.474. The van der Waals surface area contributed by atoms with Gasteiger partial charge in [-0.1, -0.05) is 11.6 Å². The number of carbonyl (C=O) groups is 2. The average Bonchev–Trinajstić information content (AvgIpc) is 2.90. The average molecular weight is 328 g/mol. The Kier molecular flexibility index (Phi) is 4.88. The molecule has 1 unspecified atom stereocenters. The maximum atomic E-state index is 12.0. The number of aromatic nitrogens is 1. The molecule has 128 valence electrons. The summed E-state index contributed by atoms with van der Waals surface area (Å²) in [5.41, 5.74) is 5.03. The monoisotopic (exact) mass is 328 g/mol. The SMILES string of the molecule is CCOC(=O)CCC(=O)NC1CCc2c([nH]c3ccc(C)cc23)C1. The maximum absolute atomic E-state index is 12.0. The molecule has 0 saturated heterocycles. The van der Waals surface area contributed by atoms with Crippen LogP contribution in [-0.4, -0.2) is 29.5 Å². The number of ether oxygens (including phenoxy) is 1. The topological polar surface area (TPSA) is 71.2 Å². The molecule has 2 N–H and O–H groups in total. The highest BCUT2D eigenvalue weighted by Gasteiger charge is 2.23. The molecule has 1 heterocycles. The Morgan fingerprint density at radius 1 is 1.33 bits per heavy atom. The number of esters is 1. The van der Waals surface area contributed by atoms with Crippen LogP contribution < -0.4 is 5.32 Å². The minimum absolute atomic E-state index is 0.0801. The summed E-state index contributed by atoms with van der Waals surface area (Å²) in [6.45, 7) is 4.22. The Morgan fingerprint density at radius 3 is 2.96 bits per heavy atom. The van der Waals surface area contributed by atoms with Gasteiger partial charge in [0.2, 0.25) is 5.91 Å². The van der Waals surface area contributed by atoms with Crippen molar-refractivity contribution in [2.75, 3.05) is 6.61 Å². The molecule has 2 aromatic rings. The molecule has 1 atom stereocenters. The summed E-state index contributed by atoms with van der Waals surface area (Å²) in [4.78, 5) is 26.8. The summed E-state index contributed by atoms with van der Waals surface area (Å²) >= 11 is 0. The fourth-order valence-corrected chi connectivity index (χ4v) is 3.42. The summed E-state index contributed by atoms with van der Waals surface area (Å²) in [5, 5.41) is 4.35. The first kappa shape index (κ1) is 16.6. The normalized spacial score (nSPS) is 16.7. The van der Waals surface area contributed by atoms with Crippen LogP contribution in [0, 0.1) is 6.92 Å². The molecule has 0 radical (unpaired) electrons. The molecule has 0 aliphatic heterocycles. The molecule has 1 aromatic carbocycles. The lowest BCUT2D eigenvalue weighted by Crippen LogP contribution is -2.38. The Balaban J connectivity index is 1.60. The third-order valence-electron chi connectivity index (χ3n) is 4.57. The molecule has 24 heavy (non-hydrogen) atoms. The van der Waals surface area contributed by atoms with E-state index in [0.717, 1.165) is 19.3 Å². The molecule has 0 spiro atoms. The molecular formula is C19H24N2O3. The molecule has 0 saturated carbocycles. The van der Waals surface area contributed by atoms with Crippen LogP contribution in [0.1, 0.15) is 43.0 Å². The van der Waals surface area contributed by atoms with E-state index in [4.69, 9.17) is 4.74 Å². The second kappa shape index (κ2) is 7.07. The highest BCUT2D eigenvalue weighted by atomic mass is 16.5. The lowest BCUT2D eigenvalue weighted by atomic mass is 9.91. The van der Waals surface area contributed by atoms with Crippen molar-refractivity contribution in [2.24, 2.45) is 0 Å². The first-order valence-corrected chi connectivity index (χ1v) is 8.62. The number of amides is 1. The molecule has 0 fully saturated rings. The van der Waals surface area contributed by atoms with E-state index in [1.807, 2.05) is 0 Å². The van der Waals surface area contributed by atoms with E-state index in [9.17, 15) is 9.59 Å². The number of fused-ring (bicyclic) bond motifs is 3. The lowest BCUT2D eigenvalue weighted by Gasteiger charge is -2.23. The van der Waals surface area contributed by atoms with Gasteiger partial charge in [0.05, 0.1) is 13.0 Å². The van der Waals surface area contributed by atoms with Crippen molar-refractivity contribution >= 4 is 22.8 Å². The molecule has 0 bridgehead atoms. The quantitative estimate of drug-likeness (QED) is 0.829. The van der Waals surface area contributed by atoms with Crippen LogP contribution >= 0.6 is 0 Å². The number of carbonyl (C=O) groups excluding carboxylic acids is 2. The van der Waals surface area contributed by atoms with E-state index >= 15 is 0 Å². The van der Waals surface area contributed by atoms with Crippen molar-refractivity contribution in [3.05, 3.63) is 35.0 Å². The third kappa shape index (κ3) is 3.61. The Labute approximate surface area is 141 Å². The van der Waals surface area contributed by atoms with Gasteiger partial charge < -0.3 is 15.0 Å². The minimum atomic E-state index is -0.315. The first-order chi connectivity index (χ1) is 11.6. The zero-order chi connectivity index (χ0) is 17.1. The van der Waals surface area contributed by atoms with Gasteiger partial charge in [0.15, 0.2) is 0 Å². The summed E-state index contributed by atoms with van der Waals surface area (Å²) < 4.78 is 4.85. The van der Waals surface area contributed by atoms with Crippen LogP contribution in [0.4, 0.5) is 0 Å². The minimum Gasteiger partial charge on any atom is -0.466 e. The van der Waals surface area contributed by atoms with Crippen molar-refractivity contribution in [3.8, 4) is 0 Å². The van der Waals surface area contributed by atoms with Crippen LogP contribution in [-0.2, 0) is 27.2 Å². The summed E-state index contributed by atoms with van der Waals surface area (Å²) in [5.74, 6) is -0.395. The largest absolute Gasteiger partial charge is 0.466 e. The lowest BCUT2D eigenvalue weighted by molar-refractivity contribution is -0.144. The Morgan fingerprint density at radius 2 is 2.17 bits per heavy atom. The molecular weight excluding hydrogens is 304 g/mol. The summed E-state index contributed by atoms with van der Waals surface area (Å²) in [6.07, 6.45) is 3.03. The van der Waals surface area contributed by atoms with E-state index in [0.29, 0.717) is 6.61 Å². The highest BCUT2D eigenvalue weighted by molar-refractivity contribution is 5.86. The van der Waals surface area contributed by atoms with Gasteiger partial charge >= 0.3 is 5.97 Å². The van der Waals surface area contributed by atoms with E-state index < -0.39 is 0 Å². The Hall–Kier alpha value is -2.30. The number of hydrogen-bond acceptors (Lipinski definition) is 3. The molecule has 1 aliphatic rings. The number of H-pyrrole nitrogens is 1. The van der Waals surface area contributed by atoms with Gasteiger partial charge in [0, 0.05) is 35.5 Å². The van der Waals surface area contributed by atoms with E-state index in [2.05, 4.69) is 35.4 Å². The van der Waals surface area contributed by atoms with Crippen LogP contribution in [0.2, 0.25) is 0 Å². The molecule has 3 rings (SSSR count). The van der Waals surface area contributed by atoms with Crippen molar-refractivity contribution in [2.45, 2.75) is 52.0 Å². The van der Waals surface area contributed by atoms with Gasteiger partial charge in [0.1, 0.15) is 0 Å². The maximum Gasteiger partial charge on any atom is 0.306 e. The molecule has 5 heteroatoms. The predicted octanol–water partition coefficient (Wildman–Crippen LogP) is 2.79. The number of nitrogens with one attached hydrogen (secondary N) is 2. The van der Waals surface area contributed by atoms with Crippen LogP contribution in [0.25, 0.3) is 10.9 Å². The first-order valence-electron chi connectivity index (χ1n) is 8.62. The zero-order valence-electron chi connectivity index (χ0n) is 14.3. The van der Waals surface area contributed by atoms with E-state index in [1.165, 1.54) is 27.7 Å². The van der Waals surface area contributed by atoms with Crippen molar-refractivity contribution in [1.29, 1.82) is 0 Å². The second-order valence-electron chi connectivity index (χ2n) is 6.44. The van der Waals surface area contributed by atoms with E-state index in [-0.39, 0.29) is 30.8 Å². The zero-order valence-corrected chi connectivity index (χ0v) is 14.3.